The molecule has 60 valence electrons. The van der Waals surface area contributed by atoms with Crippen LogP contribution in [-0.4, -0.2) is 11.2 Å². The summed E-state index contributed by atoms with van der Waals surface area (Å²) in [6.07, 6.45) is -0.204. The van der Waals surface area contributed by atoms with Crippen molar-refractivity contribution in [2.45, 2.75) is 20.0 Å². The molecule has 4 heteroatoms. The molecule has 11 heavy (non-hydrogen) atoms. The highest BCUT2D eigenvalue weighted by atomic mass is 16.5. The lowest BCUT2D eigenvalue weighted by molar-refractivity contribution is 0.224. The van der Waals surface area contributed by atoms with Crippen LogP contribution in [0.3, 0.4) is 0 Å². The molecule has 1 N–H and O–H groups in total. The second-order valence-corrected chi connectivity index (χ2v) is 2.50. The molecule has 0 aromatic heterocycles. The van der Waals surface area contributed by atoms with Gasteiger partial charge in [-0.1, -0.05) is 0 Å². The van der Waals surface area contributed by atoms with Gasteiger partial charge in [0.1, 0.15) is 0 Å². The average molecular weight is 156 g/mol. The van der Waals surface area contributed by atoms with Gasteiger partial charge in [-0.05, 0) is 13.8 Å². The molecule has 0 radical (unpaired) electrons. The van der Waals surface area contributed by atoms with Gasteiger partial charge >= 0.3 is 0 Å². The number of hydrogen-bond acceptors (Lipinski definition) is 4. The lowest BCUT2D eigenvalue weighted by Crippen LogP contribution is -2.32. The van der Waals surface area contributed by atoms with Crippen LogP contribution in [0.15, 0.2) is 9.59 Å². The summed E-state index contributed by atoms with van der Waals surface area (Å²) in [5.74, 6) is -0.756. The summed E-state index contributed by atoms with van der Waals surface area (Å²) in [5, 5.41) is 8.78. The van der Waals surface area contributed by atoms with Crippen molar-refractivity contribution in [2.75, 3.05) is 0 Å². The molecule has 4 nitrogen and oxygen atoms in total. The zero-order chi connectivity index (χ0) is 8.59. The van der Waals surface area contributed by atoms with Gasteiger partial charge in [-0.3, -0.25) is 9.59 Å². The topological polar surface area (TPSA) is 63.6 Å². The molecule has 0 aliphatic heterocycles. The summed E-state index contributed by atoms with van der Waals surface area (Å²) in [5.41, 5.74) is -1.60. The Kier molecular flexibility index (Phi) is 1.68. The van der Waals surface area contributed by atoms with E-state index in [2.05, 4.69) is 0 Å². The van der Waals surface area contributed by atoms with Gasteiger partial charge in [0.05, 0.1) is 6.10 Å². The van der Waals surface area contributed by atoms with Crippen molar-refractivity contribution in [1.29, 1.82) is 0 Å². The SMILES string of the molecule is CC(C)Oc1c(O)c(=O)c1=O. The summed E-state index contributed by atoms with van der Waals surface area (Å²) in [6, 6.07) is 0. The molecular formula is C7H8O4. The molecule has 0 unspecified atom stereocenters. The van der Waals surface area contributed by atoms with E-state index >= 15 is 0 Å². The molecule has 0 bridgehead atoms. The van der Waals surface area contributed by atoms with E-state index in [1.54, 1.807) is 13.8 Å². The first-order chi connectivity index (χ1) is 5.04. The molecule has 0 spiro atoms. The Morgan fingerprint density at radius 3 is 2.18 bits per heavy atom. The monoisotopic (exact) mass is 156 g/mol. The van der Waals surface area contributed by atoms with Gasteiger partial charge in [-0.25, -0.2) is 0 Å². The Balaban J connectivity index is 2.91. The van der Waals surface area contributed by atoms with E-state index < -0.39 is 16.6 Å². The maximum absolute atomic E-state index is 10.6. The molecule has 0 aliphatic rings. The van der Waals surface area contributed by atoms with Gasteiger partial charge in [0.2, 0.25) is 11.5 Å². The fraction of sp³-hybridized carbons (Fsp3) is 0.429. The summed E-state index contributed by atoms with van der Waals surface area (Å²) < 4.78 is 4.84. The van der Waals surface area contributed by atoms with E-state index in [-0.39, 0.29) is 11.9 Å². The highest BCUT2D eigenvalue weighted by Gasteiger charge is 2.22. The summed E-state index contributed by atoms with van der Waals surface area (Å²) in [6.45, 7) is 3.41. The van der Waals surface area contributed by atoms with E-state index in [1.165, 1.54) is 0 Å². The highest BCUT2D eigenvalue weighted by molar-refractivity contribution is 5.44. The van der Waals surface area contributed by atoms with Crippen molar-refractivity contribution in [1.82, 2.24) is 0 Å². The molecule has 1 rings (SSSR count). The van der Waals surface area contributed by atoms with Gasteiger partial charge in [-0.2, -0.15) is 0 Å². The van der Waals surface area contributed by atoms with Crippen LogP contribution in [0.25, 0.3) is 0 Å². The van der Waals surface area contributed by atoms with Crippen molar-refractivity contribution < 1.29 is 9.84 Å². The predicted octanol–water partition coefficient (Wildman–Crippen LogP) is -0.225. The van der Waals surface area contributed by atoms with E-state index in [0.29, 0.717) is 0 Å². The Morgan fingerprint density at radius 1 is 1.27 bits per heavy atom. The minimum absolute atomic E-state index is 0.204. The van der Waals surface area contributed by atoms with Crippen LogP contribution in [-0.2, 0) is 0 Å². The number of rotatable bonds is 2. The lowest BCUT2D eigenvalue weighted by atomic mass is 10.2. The van der Waals surface area contributed by atoms with Crippen LogP contribution in [0.1, 0.15) is 13.8 Å². The van der Waals surface area contributed by atoms with Crippen molar-refractivity contribution in [3.05, 3.63) is 20.4 Å². The van der Waals surface area contributed by atoms with E-state index in [4.69, 9.17) is 9.84 Å². The minimum Gasteiger partial charge on any atom is -0.501 e. The molecule has 0 atom stereocenters. The van der Waals surface area contributed by atoms with Crippen LogP contribution in [0.2, 0.25) is 0 Å². The van der Waals surface area contributed by atoms with Crippen molar-refractivity contribution >= 4 is 0 Å². The smallest absolute Gasteiger partial charge is 0.275 e. The van der Waals surface area contributed by atoms with E-state index in [9.17, 15) is 9.59 Å². The average Bonchev–Trinajstić information content (AvgIpc) is 1.98. The fourth-order valence-corrected chi connectivity index (χ4v) is 0.704. The second kappa shape index (κ2) is 2.38. The van der Waals surface area contributed by atoms with Crippen molar-refractivity contribution in [2.24, 2.45) is 0 Å². The van der Waals surface area contributed by atoms with Crippen molar-refractivity contribution in [3.63, 3.8) is 0 Å². The molecule has 0 saturated heterocycles. The number of hydrogen-bond donors (Lipinski definition) is 1. The normalized spacial score (nSPS) is 10.8. The zero-order valence-corrected chi connectivity index (χ0v) is 6.25. The number of ether oxygens (including phenoxy) is 1. The summed E-state index contributed by atoms with van der Waals surface area (Å²) >= 11 is 0. The lowest BCUT2D eigenvalue weighted by Gasteiger charge is -2.10. The largest absolute Gasteiger partial charge is 0.501 e. The van der Waals surface area contributed by atoms with Crippen LogP contribution in [0.5, 0.6) is 11.5 Å². The predicted molar refractivity (Wildman–Crippen MR) is 38.8 cm³/mol. The third kappa shape index (κ3) is 1.11. The van der Waals surface area contributed by atoms with Gasteiger partial charge in [0.15, 0.2) is 0 Å². The molecule has 0 aliphatic carbocycles. The number of aromatic hydroxyl groups is 1. The summed E-state index contributed by atoms with van der Waals surface area (Å²) in [4.78, 5) is 21.0. The summed E-state index contributed by atoms with van der Waals surface area (Å²) in [7, 11) is 0. The molecule has 0 fully saturated rings. The highest BCUT2D eigenvalue weighted by Crippen LogP contribution is 2.18. The molecule has 1 aromatic rings. The quantitative estimate of drug-likeness (QED) is 0.601. The van der Waals surface area contributed by atoms with Gasteiger partial charge < -0.3 is 9.84 Å². The van der Waals surface area contributed by atoms with Crippen LogP contribution >= 0.6 is 0 Å². The minimum atomic E-state index is -0.861. The Morgan fingerprint density at radius 2 is 1.82 bits per heavy atom. The van der Waals surface area contributed by atoms with Crippen molar-refractivity contribution in [3.8, 4) is 11.5 Å². The van der Waals surface area contributed by atoms with Crippen LogP contribution < -0.4 is 15.6 Å². The molecule has 0 heterocycles. The maximum atomic E-state index is 10.6. The standard InChI is InChI=1S/C7H8O4/c1-3(2)11-7-5(9)4(8)6(7)10/h3,9H,1-2H3. The first kappa shape index (κ1) is 7.78. The van der Waals surface area contributed by atoms with Crippen LogP contribution in [0, 0.1) is 0 Å². The molecule has 0 saturated carbocycles. The van der Waals surface area contributed by atoms with Gasteiger partial charge in [0, 0.05) is 0 Å². The first-order valence-electron chi connectivity index (χ1n) is 3.23. The Hall–Kier alpha value is -1.32. The van der Waals surface area contributed by atoms with E-state index in [0.717, 1.165) is 0 Å². The molecular weight excluding hydrogens is 148 g/mol. The molecule has 0 amide bonds. The third-order valence-electron chi connectivity index (χ3n) is 1.20. The maximum Gasteiger partial charge on any atom is 0.275 e. The Labute approximate surface area is 62.7 Å². The van der Waals surface area contributed by atoms with Gasteiger partial charge in [0.25, 0.3) is 10.9 Å². The van der Waals surface area contributed by atoms with E-state index in [1.807, 2.05) is 0 Å². The van der Waals surface area contributed by atoms with Crippen LogP contribution in [0.4, 0.5) is 0 Å². The third-order valence-corrected chi connectivity index (χ3v) is 1.20. The Bertz CT molecular complexity index is 330. The fourth-order valence-electron chi connectivity index (χ4n) is 0.704. The molecule has 1 aromatic carbocycles. The zero-order valence-electron chi connectivity index (χ0n) is 6.25. The first-order valence-corrected chi connectivity index (χ1v) is 3.23. The van der Waals surface area contributed by atoms with Gasteiger partial charge in [-0.15, -0.1) is 0 Å². The second-order valence-electron chi connectivity index (χ2n) is 2.50.